The monoisotopic (exact) mass is 413 g/mol. The Morgan fingerprint density at radius 3 is 2.73 bits per heavy atom. The van der Waals surface area contributed by atoms with Gasteiger partial charge in [-0.3, -0.25) is 4.90 Å². The van der Waals surface area contributed by atoms with E-state index in [1.807, 2.05) is 17.4 Å². The molecule has 3 heterocycles. The summed E-state index contributed by atoms with van der Waals surface area (Å²) in [4.78, 5) is 2.44. The predicted molar refractivity (Wildman–Crippen MR) is 128 cm³/mol. The number of rotatable bonds is 2. The molecule has 0 saturated carbocycles. The van der Waals surface area contributed by atoms with Gasteiger partial charge in [0.1, 0.15) is 0 Å². The normalized spacial score (nSPS) is 19.1. The van der Waals surface area contributed by atoms with Gasteiger partial charge in [0, 0.05) is 50.1 Å². The van der Waals surface area contributed by atoms with Crippen LogP contribution in [0.4, 0.5) is 11.4 Å². The average molecular weight is 414 g/mol. The molecule has 150 valence electrons. The highest BCUT2D eigenvalue weighted by Gasteiger charge is 2.24. The first-order valence-corrected chi connectivity index (χ1v) is 11.2. The molecule has 3 N–H and O–H groups in total. The fourth-order valence-electron chi connectivity index (χ4n) is 4.62. The fourth-order valence-corrected chi connectivity index (χ4v) is 5.88. The van der Waals surface area contributed by atoms with Crippen LogP contribution >= 0.6 is 11.3 Å². The lowest BCUT2D eigenvalue weighted by molar-refractivity contribution is 0.0301. The molecule has 0 radical (unpaired) electrons. The van der Waals surface area contributed by atoms with E-state index in [4.69, 9.17) is 10.5 Å². The number of ether oxygens (including phenoxy) is 1. The number of morpholine rings is 1. The molecular weight excluding hydrogens is 390 g/mol. The van der Waals surface area contributed by atoms with Crippen molar-refractivity contribution in [2.24, 2.45) is 0 Å². The summed E-state index contributed by atoms with van der Waals surface area (Å²) >= 11 is 1.82. The van der Waals surface area contributed by atoms with Crippen molar-refractivity contribution in [3.05, 3.63) is 66.2 Å². The van der Waals surface area contributed by atoms with Crippen LogP contribution in [0.5, 0.6) is 0 Å². The first-order valence-electron chi connectivity index (χ1n) is 10.4. The van der Waals surface area contributed by atoms with E-state index in [2.05, 4.69) is 70.9 Å². The first kappa shape index (κ1) is 18.0. The molecule has 3 aromatic carbocycles. The van der Waals surface area contributed by atoms with E-state index in [-0.39, 0.29) is 6.17 Å². The number of nitrogen functional groups attached to an aromatic ring is 1. The Hall–Kier alpha value is -2.86. The zero-order chi connectivity index (χ0) is 20.1. The van der Waals surface area contributed by atoms with Gasteiger partial charge in [-0.2, -0.15) is 0 Å². The Morgan fingerprint density at radius 2 is 1.83 bits per heavy atom. The SMILES string of the molecule is Nc1ccc(-c2cccc3c2NC(N2CCOCC2)C=C3)c2sc3ccccc3c12. The van der Waals surface area contributed by atoms with Gasteiger partial charge in [0.25, 0.3) is 0 Å². The van der Waals surface area contributed by atoms with E-state index in [0.717, 1.165) is 32.0 Å². The number of nitrogens with zero attached hydrogens (tertiary/aromatic N) is 1. The maximum absolute atomic E-state index is 6.43. The maximum Gasteiger partial charge on any atom is 0.0991 e. The summed E-state index contributed by atoms with van der Waals surface area (Å²) in [5, 5.41) is 6.21. The van der Waals surface area contributed by atoms with Crippen molar-refractivity contribution in [1.82, 2.24) is 4.90 Å². The van der Waals surface area contributed by atoms with E-state index in [1.54, 1.807) is 0 Å². The van der Waals surface area contributed by atoms with Gasteiger partial charge in [-0.15, -0.1) is 11.3 Å². The molecule has 1 saturated heterocycles. The Balaban J connectivity index is 1.51. The lowest BCUT2D eigenvalue weighted by Gasteiger charge is -2.36. The predicted octanol–water partition coefficient (Wildman–Crippen LogP) is 5.40. The van der Waals surface area contributed by atoms with Crippen LogP contribution in [-0.2, 0) is 4.74 Å². The van der Waals surface area contributed by atoms with E-state index in [0.29, 0.717) is 0 Å². The number of nitrogens with two attached hydrogens (primary N) is 1. The van der Waals surface area contributed by atoms with Gasteiger partial charge in [-0.1, -0.05) is 48.5 Å². The quantitative estimate of drug-likeness (QED) is 0.432. The molecule has 1 aromatic heterocycles. The van der Waals surface area contributed by atoms with Gasteiger partial charge in [0.2, 0.25) is 0 Å². The summed E-state index contributed by atoms with van der Waals surface area (Å²) in [7, 11) is 0. The molecule has 4 aromatic rings. The zero-order valence-corrected chi connectivity index (χ0v) is 17.4. The minimum atomic E-state index is 0.189. The average Bonchev–Trinajstić information content (AvgIpc) is 3.20. The van der Waals surface area contributed by atoms with Crippen LogP contribution in [0.2, 0.25) is 0 Å². The standard InChI is InChI=1S/C25H23N3OS/c26-20-10-9-18(25-23(20)19-5-1-2-7-21(19)30-25)17-6-3-4-16-8-11-22(27-24(16)17)28-12-14-29-15-13-28/h1-11,22,27H,12-15,26H2. The highest BCUT2D eigenvalue weighted by Crippen LogP contribution is 2.45. The van der Waals surface area contributed by atoms with Gasteiger partial charge in [0.15, 0.2) is 0 Å². The molecule has 0 spiro atoms. The van der Waals surface area contributed by atoms with Crippen molar-refractivity contribution in [3.63, 3.8) is 0 Å². The van der Waals surface area contributed by atoms with Gasteiger partial charge >= 0.3 is 0 Å². The zero-order valence-electron chi connectivity index (χ0n) is 16.6. The molecule has 5 heteroatoms. The number of nitrogens with one attached hydrogen (secondary N) is 1. The van der Waals surface area contributed by atoms with Crippen molar-refractivity contribution < 1.29 is 4.74 Å². The fraction of sp³-hybridized carbons (Fsp3) is 0.200. The number of hydrogen-bond donors (Lipinski definition) is 2. The molecule has 1 unspecified atom stereocenters. The molecule has 6 rings (SSSR count). The topological polar surface area (TPSA) is 50.5 Å². The number of para-hydroxylation sites is 1. The molecule has 0 amide bonds. The minimum Gasteiger partial charge on any atom is -0.398 e. The van der Waals surface area contributed by atoms with Crippen molar-refractivity contribution in [1.29, 1.82) is 0 Å². The van der Waals surface area contributed by atoms with E-state index in [9.17, 15) is 0 Å². The van der Waals surface area contributed by atoms with Crippen molar-refractivity contribution in [2.75, 3.05) is 37.4 Å². The summed E-state index contributed by atoms with van der Waals surface area (Å²) in [6.45, 7) is 3.48. The van der Waals surface area contributed by atoms with Crippen molar-refractivity contribution in [3.8, 4) is 11.1 Å². The second kappa shape index (κ2) is 7.13. The Labute approximate surface area is 179 Å². The third kappa shape index (κ3) is 2.82. The van der Waals surface area contributed by atoms with Crippen molar-refractivity contribution >= 4 is 49.0 Å². The molecule has 2 aliphatic rings. The molecule has 2 aliphatic heterocycles. The van der Waals surface area contributed by atoms with Gasteiger partial charge in [-0.25, -0.2) is 0 Å². The van der Waals surface area contributed by atoms with Crippen LogP contribution in [0.3, 0.4) is 0 Å². The number of fused-ring (bicyclic) bond motifs is 4. The van der Waals surface area contributed by atoms with Gasteiger partial charge in [-0.05, 0) is 23.8 Å². The minimum absolute atomic E-state index is 0.189. The van der Waals surface area contributed by atoms with E-state index >= 15 is 0 Å². The largest absolute Gasteiger partial charge is 0.398 e. The molecule has 0 aliphatic carbocycles. The summed E-state index contributed by atoms with van der Waals surface area (Å²) < 4.78 is 8.06. The number of thiophene rings is 1. The molecule has 1 atom stereocenters. The molecule has 4 nitrogen and oxygen atoms in total. The summed E-state index contributed by atoms with van der Waals surface area (Å²) in [5.41, 5.74) is 12.2. The second-order valence-electron chi connectivity index (χ2n) is 7.87. The molecule has 30 heavy (non-hydrogen) atoms. The third-order valence-electron chi connectivity index (χ3n) is 6.13. The van der Waals surface area contributed by atoms with Crippen LogP contribution in [-0.4, -0.2) is 37.4 Å². The number of benzene rings is 3. The molecule has 0 bridgehead atoms. The number of hydrogen-bond acceptors (Lipinski definition) is 5. The highest BCUT2D eigenvalue weighted by molar-refractivity contribution is 7.26. The summed E-state index contributed by atoms with van der Waals surface area (Å²) in [5.74, 6) is 0. The molecular formula is C25H23N3OS. The maximum atomic E-state index is 6.43. The second-order valence-corrected chi connectivity index (χ2v) is 8.92. The van der Waals surface area contributed by atoms with Crippen LogP contribution in [0, 0.1) is 0 Å². The van der Waals surface area contributed by atoms with Crippen molar-refractivity contribution in [2.45, 2.75) is 6.17 Å². The van der Waals surface area contributed by atoms with Crippen LogP contribution in [0.1, 0.15) is 5.56 Å². The lowest BCUT2D eigenvalue weighted by atomic mass is 9.95. The summed E-state index contributed by atoms with van der Waals surface area (Å²) in [6, 6.07) is 19.3. The lowest BCUT2D eigenvalue weighted by Crippen LogP contribution is -2.47. The Bertz CT molecular complexity index is 1290. The van der Waals surface area contributed by atoms with E-state index in [1.165, 1.54) is 42.6 Å². The van der Waals surface area contributed by atoms with Crippen LogP contribution < -0.4 is 11.1 Å². The van der Waals surface area contributed by atoms with Crippen LogP contribution in [0.25, 0.3) is 37.4 Å². The summed E-state index contributed by atoms with van der Waals surface area (Å²) in [6.07, 6.45) is 4.69. The van der Waals surface area contributed by atoms with Crippen LogP contribution in [0.15, 0.2) is 60.7 Å². The van der Waals surface area contributed by atoms with Gasteiger partial charge < -0.3 is 15.8 Å². The Kier molecular flexibility index (Phi) is 4.27. The highest BCUT2D eigenvalue weighted by atomic mass is 32.1. The van der Waals surface area contributed by atoms with E-state index < -0.39 is 0 Å². The van der Waals surface area contributed by atoms with Gasteiger partial charge in [0.05, 0.1) is 25.1 Å². The first-order chi connectivity index (χ1) is 14.8. The third-order valence-corrected chi connectivity index (χ3v) is 7.34. The number of anilines is 2. The molecule has 1 fully saturated rings. The Morgan fingerprint density at radius 1 is 0.967 bits per heavy atom. The smallest absolute Gasteiger partial charge is 0.0991 e.